The average Bonchev–Trinajstić information content (AvgIpc) is 3.09. The van der Waals surface area contributed by atoms with Crippen LogP contribution in [0.3, 0.4) is 0 Å². The summed E-state index contributed by atoms with van der Waals surface area (Å²) >= 11 is 0. The van der Waals surface area contributed by atoms with Crippen LogP contribution in [0.1, 0.15) is 43.4 Å². The maximum absolute atomic E-state index is 14.0. The van der Waals surface area contributed by atoms with Crippen LogP contribution in [0, 0.1) is 17.8 Å². The maximum Gasteiger partial charge on any atom is 0.272 e. The van der Waals surface area contributed by atoms with Crippen molar-refractivity contribution in [2.75, 3.05) is 11.9 Å². The molecule has 1 aliphatic heterocycles. The Labute approximate surface area is 242 Å². The van der Waals surface area contributed by atoms with Crippen molar-refractivity contribution in [3.8, 4) is 0 Å². The van der Waals surface area contributed by atoms with Gasteiger partial charge in [-0.15, -0.1) is 6.58 Å². The Morgan fingerprint density at radius 3 is 2.22 bits per heavy atom. The van der Waals surface area contributed by atoms with Gasteiger partial charge in [0.25, 0.3) is 5.91 Å². The highest BCUT2D eigenvalue weighted by Gasteiger charge is 2.37. The number of fused-ring (bicyclic) bond motifs is 1. The normalized spacial score (nSPS) is 16.2. The molecule has 0 saturated carbocycles. The maximum atomic E-state index is 14.0. The van der Waals surface area contributed by atoms with Crippen LogP contribution < -0.4 is 15.5 Å². The average molecular weight is 551 g/mol. The fourth-order valence-electron chi connectivity index (χ4n) is 5.20. The number of amides is 3. The van der Waals surface area contributed by atoms with Crippen molar-refractivity contribution in [3.63, 3.8) is 0 Å². The van der Waals surface area contributed by atoms with Gasteiger partial charge < -0.3 is 15.5 Å². The van der Waals surface area contributed by atoms with Crippen molar-refractivity contribution in [2.24, 2.45) is 22.7 Å². The molecule has 3 atom stereocenters. The molecule has 0 saturated heterocycles. The number of hydrogen-bond donors (Lipinski definition) is 2. The Morgan fingerprint density at radius 1 is 0.927 bits per heavy atom. The molecular weight excluding hydrogens is 512 g/mol. The van der Waals surface area contributed by atoms with Crippen molar-refractivity contribution < 1.29 is 14.4 Å². The number of allylic oxidation sites excluding steroid dienone is 1. The minimum atomic E-state index is -1.15. The summed E-state index contributed by atoms with van der Waals surface area (Å²) in [5.74, 6) is -2.14. The predicted molar refractivity (Wildman–Crippen MR) is 163 cm³/mol. The molecule has 0 fully saturated rings. The van der Waals surface area contributed by atoms with E-state index in [1.807, 2.05) is 98.8 Å². The van der Waals surface area contributed by atoms with E-state index in [4.69, 9.17) is 4.99 Å². The molecule has 0 spiro atoms. The van der Waals surface area contributed by atoms with Crippen molar-refractivity contribution in [3.05, 3.63) is 114 Å². The van der Waals surface area contributed by atoms with E-state index < -0.39 is 18.0 Å². The lowest BCUT2D eigenvalue weighted by Gasteiger charge is -2.28. The summed E-state index contributed by atoms with van der Waals surface area (Å²) in [6.45, 7) is 8.23. The molecule has 1 heterocycles. The van der Waals surface area contributed by atoms with Gasteiger partial charge in [-0.25, -0.2) is 4.99 Å². The molecule has 212 valence electrons. The van der Waals surface area contributed by atoms with E-state index in [9.17, 15) is 14.4 Å². The molecule has 0 bridgehead atoms. The number of nitrogens with one attached hydrogen (secondary N) is 2. The van der Waals surface area contributed by atoms with Crippen LogP contribution >= 0.6 is 0 Å². The van der Waals surface area contributed by atoms with Gasteiger partial charge in [-0.1, -0.05) is 98.8 Å². The number of carbonyl (C=O) groups excluding carboxylic acids is 3. The summed E-state index contributed by atoms with van der Waals surface area (Å²) in [5.41, 5.74) is 3.94. The van der Waals surface area contributed by atoms with Crippen LogP contribution in [0.2, 0.25) is 0 Å². The second-order valence-electron chi connectivity index (χ2n) is 10.7. The van der Waals surface area contributed by atoms with Gasteiger partial charge in [0, 0.05) is 24.7 Å². The smallest absolute Gasteiger partial charge is 0.272 e. The standard InChI is InChI=1S/C34H38N4O3/c1-5-14-26(32(39)35-22-24-15-8-6-9-16-24)28(21-23(2)3)33(40)37-31-34(41)38(4)29-20-13-12-19-27(29)30(36-31)25-17-10-7-11-18-25/h5-13,15-20,23,26,28,31H,1,14,21-22H2,2-4H3,(H,35,39)(H,37,40)/t26-,28+,31+/m0/s1. The molecule has 2 N–H and O–H groups in total. The first-order valence-electron chi connectivity index (χ1n) is 14.0. The van der Waals surface area contributed by atoms with Gasteiger partial charge in [0.2, 0.25) is 18.0 Å². The van der Waals surface area contributed by atoms with E-state index in [0.29, 0.717) is 30.8 Å². The Balaban J connectivity index is 1.64. The Kier molecular flexibility index (Phi) is 9.85. The lowest BCUT2D eigenvalue weighted by Crippen LogP contribution is -2.50. The summed E-state index contributed by atoms with van der Waals surface area (Å²) in [7, 11) is 1.69. The third-order valence-corrected chi connectivity index (χ3v) is 7.28. The quantitative estimate of drug-likeness (QED) is 0.325. The number of likely N-dealkylation sites (N-methyl/N-ethyl adjacent to an activating group) is 1. The zero-order chi connectivity index (χ0) is 29.4. The Hall–Kier alpha value is -4.52. The molecule has 3 aromatic carbocycles. The minimum absolute atomic E-state index is 0.139. The molecule has 0 aromatic heterocycles. The van der Waals surface area contributed by atoms with E-state index in [2.05, 4.69) is 17.2 Å². The molecule has 0 radical (unpaired) electrons. The molecule has 1 aliphatic rings. The summed E-state index contributed by atoms with van der Waals surface area (Å²) in [6.07, 6.45) is 1.31. The molecule has 7 heteroatoms. The number of aliphatic imine (C=N–C) groups is 1. The SMILES string of the molecule is C=CC[C@H](C(=O)NCc1ccccc1)[C@@H](CC(C)C)C(=O)N[C@H]1N=C(c2ccccc2)c2ccccc2N(C)C1=O. The van der Waals surface area contributed by atoms with Crippen LogP contribution in [0.4, 0.5) is 5.69 Å². The molecule has 3 amide bonds. The highest BCUT2D eigenvalue weighted by molar-refractivity contribution is 6.20. The van der Waals surface area contributed by atoms with Crippen molar-refractivity contribution in [2.45, 2.75) is 39.4 Å². The molecule has 3 aromatic rings. The Bertz CT molecular complexity index is 1400. The number of benzene rings is 3. The fraction of sp³-hybridized carbons (Fsp3) is 0.294. The first-order chi connectivity index (χ1) is 19.8. The zero-order valence-electron chi connectivity index (χ0n) is 23.9. The minimum Gasteiger partial charge on any atom is -0.352 e. The first kappa shape index (κ1) is 29.5. The lowest BCUT2D eigenvalue weighted by molar-refractivity contribution is -0.137. The van der Waals surface area contributed by atoms with Crippen LogP contribution in [0.15, 0.2) is 103 Å². The van der Waals surface area contributed by atoms with Gasteiger partial charge in [0.05, 0.1) is 23.2 Å². The number of para-hydroxylation sites is 1. The van der Waals surface area contributed by atoms with Gasteiger partial charge in [0.1, 0.15) is 0 Å². The number of rotatable bonds is 11. The number of anilines is 1. The number of nitrogens with zero attached hydrogens (tertiary/aromatic N) is 2. The third kappa shape index (κ3) is 7.17. The molecule has 4 rings (SSSR count). The molecule has 7 nitrogen and oxygen atoms in total. The van der Waals surface area contributed by atoms with Crippen LogP contribution in [0.5, 0.6) is 0 Å². The van der Waals surface area contributed by atoms with Gasteiger partial charge in [-0.2, -0.15) is 0 Å². The van der Waals surface area contributed by atoms with E-state index in [1.54, 1.807) is 13.1 Å². The summed E-state index contributed by atoms with van der Waals surface area (Å²) < 4.78 is 0. The highest BCUT2D eigenvalue weighted by Crippen LogP contribution is 2.29. The largest absolute Gasteiger partial charge is 0.352 e. The van der Waals surface area contributed by atoms with Gasteiger partial charge in [0.15, 0.2) is 0 Å². The molecule has 0 aliphatic carbocycles. The summed E-state index contributed by atoms with van der Waals surface area (Å²) in [5, 5.41) is 5.91. The fourth-order valence-corrected chi connectivity index (χ4v) is 5.20. The van der Waals surface area contributed by atoms with Crippen LogP contribution in [-0.4, -0.2) is 36.6 Å². The summed E-state index contributed by atoms with van der Waals surface area (Å²) in [4.78, 5) is 47.4. The number of hydrogen-bond acceptors (Lipinski definition) is 4. The molecule has 0 unspecified atom stereocenters. The Morgan fingerprint density at radius 2 is 1.56 bits per heavy atom. The van der Waals surface area contributed by atoms with E-state index in [0.717, 1.165) is 16.7 Å². The predicted octanol–water partition coefficient (Wildman–Crippen LogP) is 5.11. The van der Waals surface area contributed by atoms with E-state index >= 15 is 0 Å². The van der Waals surface area contributed by atoms with Crippen molar-refractivity contribution >= 4 is 29.1 Å². The molecular formula is C34H38N4O3. The van der Waals surface area contributed by atoms with Crippen molar-refractivity contribution in [1.82, 2.24) is 10.6 Å². The molecule has 41 heavy (non-hydrogen) atoms. The van der Waals surface area contributed by atoms with Crippen LogP contribution in [-0.2, 0) is 20.9 Å². The van der Waals surface area contributed by atoms with Gasteiger partial charge >= 0.3 is 0 Å². The zero-order valence-corrected chi connectivity index (χ0v) is 23.9. The first-order valence-corrected chi connectivity index (χ1v) is 14.0. The second kappa shape index (κ2) is 13.7. The monoisotopic (exact) mass is 550 g/mol. The van der Waals surface area contributed by atoms with Gasteiger partial charge in [-0.3, -0.25) is 14.4 Å². The topological polar surface area (TPSA) is 90.9 Å². The van der Waals surface area contributed by atoms with Crippen molar-refractivity contribution in [1.29, 1.82) is 0 Å². The summed E-state index contributed by atoms with van der Waals surface area (Å²) in [6, 6.07) is 26.8. The lowest BCUT2D eigenvalue weighted by atomic mass is 9.82. The van der Waals surface area contributed by atoms with Crippen LogP contribution in [0.25, 0.3) is 0 Å². The number of benzodiazepines with no additional fused rings is 1. The highest BCUT2D eigenvalue weighted by atomic mass is 16.2. The van der Waals surface area contributed by atoms with E-state index in [1.165, 1.54) is 4.90 Å². The van der Waals surface area contributed by atoms with E-state index in [-0.39, 0.29) is 23.6 Å². The third-order valence-electron chi connectivity index (χ3n) is 7.28. The van der Waals surface area contributed by atoms with Gasteiger partial charge in [-0.05, 0) is 30.4 Å². The number of carbonyl (C=O) groups is 3. The second-order valence-corrected chi connectivity index (χ2v) is 10.7.